The zero-order valence-electron chi connectivity index (χ0n) is 8.38. The zero-order valence-corrected chi connectivity index (χ0v) is 9.13. The van der Waals surface area contributed by atoms with Crippen LogP contribution in [0.25, 0.3) is 0 Å². The number of nitrogens with zero attached hydrogens (tertiary/aromatic N) is 1. The molecule has 0 aromatic heterocycles. The van der Waals surface area contributed by atoms with E-state index >= 15 is 0 Å². The van der Waals surface area contributed by atoms with Crippen molar-refractivity contribution in [2.24, 2.45) is 0 Å². The molecule has 1 rings (SSSR count). The quantitative estimate of drug-likeness (QED) is 0.429. The van der Waals surface area contributed by atoms with Gasteiger partial charge in [-0.1, -0.05) is 0 Å². The van der Waals surface area contributed by atoms with Crippen molar-refractivity contribution in [2.75, 3.05) is 5.88 Å². The fourth-order valence-corrected chi connectivity index (χ4v) is 1.40. The summed E-state index contributed by atoms with van der Waals surface area (Å²) in [5.41, 5.74) is -1.26. The van der Waals surface area contributed by atoms with Gasteiger partial charge in [-0.3, -0.25) is 10.1 Å². The molecule has 8 heteroatoms. The summed E-state index contributed by atoms with van der Waals surface area (Å²) in [5, 5.41) is 38.3. The number of halogens is 2. The number of phenols is 1. The smallest absolute Gasteiger partial charge is 0.311 e. The Morgan fingerprint density at radius 3 is 2.53 bits per heavy atom. The van der Waals surface area contributed by atoms with Crippen LogP contribution in [0.1, 0.15) is 11.7 Å². The van der Waals surface area contributed by atoms with Crippen LogP contribution in [0.4, 0.5) is 10.1 Å². The predicted octanol–water partition coefficient (Wildman–Crippen LogP) is 1.07. The van der Waals surface area contributed by atoms with Crippen LogP contribution in [-0.2, 0) is 0 Å². The number of nitro benzene ring substituents is 1. The van der Waals surface area contributed by atoms with E-state index in [1.165, 1.54) is 0 Å². The Hall–Kier alpha value is -1.44. The summed E-state index contributed by atoms with van der Waals surface area (Å²) < 4.78 is 13.3. The van der Waals surface area contributed by atoms with E-state index in [0.717, 1.165) is 0 Å². The first-order chi connectivity index (χ1) is 7.88. The standard InChI is InChI=1S/C9H9ClFNO5/c10-3-8(14)9(15)4-1-6(12(16)17)7(13)2-5(4)11/h1-2,8-9,13-15H,3H2. The summed E-state index contributed by atoms with van der Waals surface area (Å²) in [6.07, 6.45) is -3.16. The van der Waals surface area contributed by atoms with Crippen LogP contribution in [0, 0.1) is 15.9 Å². The van der Waals surface area contributed by atoms with Crippen LogP contribution >= 0.6 is 11.6 Å². The lowest BCUT2D eigenvalue weighted by atomic mass is 10.0. The number of benzene rings is 1. The van der Waals surface area contributed by atoms with E-state index < -0.39 is 39.9 Å². The van der Waals surface area contributed by atoms with Crippen LogP contribution < -0.4 is 0 Å². The monoisotopic (exact) mass is 265 g/mol. The molecular formula is C9H9ClFNO5. The number of phenolic OH excluding ortho intramolecular Hbond substituents is 1. The summed E-state index contributed by atoms with van der Waals surface area (Å²) in [5.74, 6) is -2.29. The minimum atomic E-state index is -1.70. The lowest BCUT2D eigenvalue weighted by molar-refractivity contribution is -0.386. The average Bonchev–Trinajstić information content (AvgIpc) is 2.26. The number of aromatic hydroxyl groups is 1. The molecule has 0 aliphatic rings. The van der Waals surface area contributed by atoms with Crippen molar-refractivity contribution >= 4 is 17.3 Å². The predicted molar refractivity (Wildman–Crippen MR) is 56.4 cm³/mol. The number of aliphatic hydroxyl groups excluding tert-OH is 2. The number of alkyl halides is 1. The molecule has 6 nitrogen and oxygen atoms in total. The van der Waals surface area contributed by atoms with Crippen molar-refractivity contribution in [1.82, 2.24) is 0 Å². The SMILES string of the molecule is O=[N+]([O-])c1cc(C(O)C(O)CCl)c(F)cc1O. The van der Waals surface area contributed by atoms with Crippen molar-refractivity contribution in [3.63, 3.8) is 0 Å². The fraction of sp³-hybridized carbons (Fsp3) is 0.333. The largest absolute Gasteiger partial charge is 0.502 e. The van der Waals surface area contributed by atoms with Crippen LogP contribution in [0.5, 0.6) is 5.75 Å². The molecule has 17 heavy (non-hydrogen) atoms. The fourth-order valence-electron chi connectivity index (χ4n) is 1.23. The van der Waals surface area contributed by atoms with Crippen LogP contribution in [-0.4, -0.2) is 32.2 Å². The van der Waals surface area contributed by atoms with Gasteiger partial charge in [-0.2, -0.15) is 0 Å². The Morgan fingerprint density at radius 1 is 1.47 bits per heavy atom. The van der Waals surface area contributed by atoms with Gasteiger partial charge in [0.05, 0.1) is 16.9 Å². The molecule has 0 saturated heterocycles. The molecule has 0 fully saturated rings. The number of aliphatic hydroxyl groups is 2. The van der Waals surface area contributed by atoms with E-state index in [1.807, 2.05) is 0 Å². The number of hydrogen-bond donors (Lipinski definition) is 3. The second-order valence-corrected chi connectivity index (χ2v) is 3.59. The Balaban J connectivity index is 3.24. The van der Waals surface area contributed by atoms with E-state index in [-0.39, 0.29) is 5.88 Å². The summed E-state index contributed by atoms with van der Waals surface area (Å²) >= 11 is 5.27. The zero-order chi connectivity index (χ0) is 13.2. The molecular weight excluding hydrogens is 257 g/mol. The Bertz CT molecular complexity index is 442. The molecule has 94 valence electrons. The van der Waals surface area contributed by atoms with Crippen LogP contribution in [0.2, 0.25) is 0 Å². The lowest BCUT2D eigenvalue weighted by Crippen LogP contribution is -2.20. The maximum absolute atomic E-state index is 13.3. The molecule has 0 amide bonds. The molecule has 0 saturated carbocycles. The van der Waals surface area contributed by atoms with E-state index in [1.54, 1.807) is 0 Å². The summed E-state index contributed by atoms with van der Waals surface area (Å²) in [7, 11) is 0. The number of nitro groups is 1. The van der Waals surface area contributed by atoms with E-state index in [0.29, 0.717) is 12.1 Å². The molecule has 0 aliphatic carbocycles. The second-order valence-electron chi connectivity index (χ2n) is 3.29. The summed E-state index contributed by atoms with van der Waals surface area (Å²) in [6.45, 7) is 0. The van der Waals surface area contributed by atoms with Gasteiger partial charge in [-0.25, -0.2) is 4.39 Å². The second kappa shape index (κ2) is 5.26. The summed E-state index contributed by atoms with van der Waals surface area (Å²) in [4.78, 5) is 9.57. The van der Waals surface area contributed by atoms with Crippen molar-refractivity contribution in [1.29, 1.82) is 0 Å². The number of rotatable bonds is 4. The van der Waals surface area contributed by atoms with Gasteiger partial charge in [0.25, 0.3) is 0 Å². The highest BCUT2D eigenvalue weighted by molar-refractivity contribution is 6.18. The minimum Gasteiger partial charge on any atom is -0.502 e. The van der Waals surface area contributed by atoms with E-state index in [9.17, 15) is 24.7 Å². The Labute approximate surface area is 100 Å². The Morgan fingerprint density at radius 2 is 2.06 bits per heavy atom. The Kier molecular flexibility index (Phi) is 4.22. The third-order valence-electron chi connectivity index (χ3n) is 2.13. The van der Waals surface area contributed by atoms with Gasteiger partial charge < -0.3 is 15.3 Å². The molecule has 0 aliphatic heterocycles. The van der Waals surface area contributed by atoms with Crippen molar-refractivity contribution in [2.45, 2.75) is 12.2 Å². The molecule has 0 bridgehead atoms. The van der Waals surface area contributed by atoms with Gasteiger partial charge in [0.15, 0.2) is 5.75 Å². The lowest BCUT2D eigenvalue weighted by Gasteiger charge is -2.16. The highest BCUT2D eigenvalue weighted by atomic mass is 35.5. The highest BCUT2D eigenvalue weighted by Crippen LogP contribution is 2.32. The van der Waals surface area contributed by atoms with Gasteiger partial charge in [0, 0.05) is 17.7 Å². The normalized spacial score (nSPS) is 14.4. The van der Waals surface area contributed by atoms with Crippen LogP contribution in [0.3, 0.4) is 0 Å². The molecule has 2 atom stereocenters. The third-order valence-corrected chi connectivity index (χ3v) is 2.45. The highest BCUT2D eigenvalue weighted by Gasteiger charge is 2.25. The molecule has 3 N–H and O–H groups in total. The van der Waals surface area contributed by atoms with E-state index in [2.05, 4.69) is 0 Å². The molecule has 1 aromatic rings. The molecule has 0 heterocycles. The third kappa shape index (κ3) is 2.82. The molecule has 0 spiro atoms. The van der Waals surface area contributed by atoms with E-state index in [4.69, 9.17) is 16.7 Å². The summed E-state index contributed by atoms with van der Waals surface area (Å²) in [6, 6.07) is 1.16. The van der Waals surface area contributed by atoms with Gasteiger partial charge in [-0.15, -0.1) is 11.6 Å². The number of hydrogen-bond acceptors (Lipinski definition) is 5. The molecule has 0 radical (unpaired) electrons. The maximum Gasteiger partial charge on any atom is 0.311 e. The van der Waals surface area contributed by atoms with Gasteiger partial charge in [0.2, 0.25) is 0 Å². The van der Waals surface area contributed by atoms with Crippen molar-refractivity contribution in [3.8, 4) is 5.75 Å². The first-order valence-corrected chi connectivity index (χ1v) is 5.00. The first kappa shape index (κ1) is 13.6. The minimum absolute atomic E-state index is 0.366. The van der Waals surface area contributed by atoms with Gasteiger partial charge in [0.1, 0.15) is 11.9 Å². The topological polar surface area (TPSA) is 104 Å². The van der Waals surface area contributed by atoms with Crippen molar-refractivity contribution in [3.05, 3.63) is 33.6 Å². The van der Waals surface area contributed by atoms with Gasteiger partial charge >= 0.3 is 5.69 Å². The first-order valence-electron chi connectivity index (χ1n) is 4.47. The van der Waals surface area contributed by atoms with Crippen LogP contribution in [0.15, 0.2) is 12.1 Å². The van der Waals surface area contributed by atoms with Gasteiger partial charge in [-0.05, 0) is 0 Å². The van der Waals surface area contributed by atoms with Crippen molar-refractivity contribution < 1.29 is 24.6 Å². The molecule has 1 aromatic carbocycles. The molecule has 2 unspecified atom stereocenters. The average molecular weight is 266 g/mol. The maximum atomic E-state index is 13.3.